The molecule has 1 saturated carbocycles. The molecule has 6 nitrogen and oxygen atoms in total. The van der Waals surface area contributed by atoms with Crippen LogP contribution in [0.4, 0.5) is 8.78 Å². The molecule has 1 aliphatic carbocycles. The third-order valence-electron chi connectivity index (χ3n) is 5.18. The number of para-hydroxylation sites is 1. The van der Waals surface area contributed by atoms with Crippen molar-refractivity contribution in [2.45, 2.75) is 45.4 Å². The Morgan fingerprint density at radius 2 is 2.11 bits per heavy atom. The fourth-order valence-electron chi connectivity index (χ4n) is 3.63. The van der Waals surface area contributed by atoms with E-state index in [0.29, 0.717) is 36.3 Å². The molecule has 3 rings (SSSR count). The van der Waals surface area contributed by atoms with Crippen molar-refractivity contribution in [1.29, 1.82) is 0 Å². The zero-order valence-electron chi connectivity index (χ0n) is 16.6. The van der Waals surface area contributed by atoms with E-state index < -0.39 is 6.61 Å². The van der Waals surface area contributed by atoms with Crippen LogP contribution in [0.5, 0.6) is 11.5 Å². The van der Waals surface area contributed by atoms with E-state index in [9.17, 15) is 8.78 Å². The number of hydrogen-bond donors (Lipinski definition) is 2. The number of halogens is 2. The van der Waals surface area contributed by atoms with Crippen LogP contribution in [0.15, 0.2) is 23.2 Å². The maximum absolute atomic E-state index is 12.8. The first-order chi connectivity index (χ1) is 13.6. The Hall–Kier alpha value is -2.09. The van der Waals surface area contributed by atoms with Gasteiger partial charge in [-0.25, -0.2) is 0 Å². The molecule has 0 amide bonds. The first-order valence-corrected chi connectivity index (χ1v) is 9.98. The van der Waals surface area contributed by atoms with E-state index in [4.69, 9.17) is 9.47 Å². The van der Waals surface area contributed by atoms with Crippen LogP contribution in [0.1, 0.15) is 31.7 Å². The summed E-state index contributed by atoms with van der Waals surface area (Å²) in [7, 11) is 1.70. The molecule has 1 heterocycles. The quantitative estimate of drug-likeness (QED) is 0.497. The van der Waals surface area contributed by atoms with Gasteiger partial charge in [-0.2, -0.15) is 8.78 Å². The molecule has 1 unspecified atom stereocenters. The van der Waals surface area contributed by atoms with Crippen LogP contribution in [0.2, 0.25) is 0 Å². The van der Waals surface area contributed by atoms with Crippen molar-refractivity contribution in [3.8, 4) is 11.5 Å². The lowest BCUT2D eigenvalue weighted by molar-refractivity contribution is -0.0520. The molecule has 8 heteroatoms. The predicted molar refractivity (Wildman–Crippen MR) is 105 cm³/mol. The van der Waals surface area contributed by atoms with Gasteiger partial charge in [-0.1, -0.05) is 12.1 Å². The molecule has 0 bridgehead atoms. The van der Waals surface area contributed by atoms with Gasteiger partial charge in [-0.3, -0.25) is 4.99 Å². The van der Waals surface area contributed by atoms with Gasteiger partial charge < -0.3 is 25.0 Å². The van der Waals surface area contributed by atoms with Crippen molar-refractivity contribution in [3.63, 3.8) is 0 Å². The Morgan fingerprint density at radius 1 is 1.29 bits per heavy atom. The van der Waals surface area contributed by atoms with Crippen molar-refractivity contribution in [3.05, 3.63) is 23.8 Å². The molecule has 0 radical (unpaired) electrons. The summed E-state index contributed by atoms with van der Waals surface area (Å²) in [5.41, 5.74) is 0.593. The number of hydrogen-bond acceptors (Lipinski definition) is 4. The second-order valence-electron chi connectivity index (χ2n) is 7.24. The molecule has 28 heavy (non-hydrogen) atoms. The number of guanidine groups is 1. The van der Waals surface area contributed by atoms with Gasteiger partial charge in [-0.05, 0) is 44.7 Å². The lowest BCUT2D eigenvalue weighted by atomic mass is 10.1. The number of benzene rings is 1. The SMILES string of the molecule is CCOc1cccc(CNC(=NC)NCC2CCN(C3CC3)C2)c1OC(F)F. The van der Waals surface area contributed by atoms with Crippen molar-refractivity contribution in [1.82, 2.24) is 15.5 Å². The Bertz CT molecular complexity index is 668. The number of ether oxygens (including phenoxy) is 2. The van der Waals surface area contributed by atoms with E-state index in [0.717, 1.165) is 19.1 Å². The monoisotopic (exact) mass is 396 g/mol. The average Bonchev–Trinajstić information content (AvgIpc) is 3.42. The molecule has 1 atom stereocenters. The molecule has 2 fully saturated rings. The molecule has 1 saturated heterocycles. The summed E-state index contributed by atoms with van der Waals surface area (Å²) >= 11 is 0. The topological polar surface area (TPSA) is 58.1 Å². The van der Waals surface area contributed by atoms with Crippen LogP contribution in [0.25, 0.3) is 0 Å². The van der Waals surface area contributed by atoms with Crippen LogP contribution >= 0.6 is 0 Å². The molecule has 0 aromatic heterocycles. The second-order valence-corrected chi connectivity index (χ2v) is 7.24. The highest BCUT2D eigenvalue weighted by atomic mass is 19.3. The van der Waals surface area contributed by atoms with Gasteiger partial charge in [-0.15, -0.1) is 0 Å². The van der Waals surface area contributed by atoms with Gasteiger partial charge in [0, 0.05) is 38.3 Å². The van der Waals surface area contributed by atoms with Crippen LogP contribution in [0, 0.1) is 5.92 Å². The summed E-state index contributed by atoms with van der Waals surface area (Å²) in [6, 6.07) is 5.95. The number of nitrogens with one attached hydrogen (secondary N) is 2. The largest absolute Gasteiger partial charge is 0.490 e. The zero-order chi connectivity index (χ0) is 19.9. The van der Waals surface area contributed by atoms with Gasteiger partial charge in [0.1, 0.15) is 0 Å². The fourth-order valence-corrected chi connectivity index (χ4v) is 3.63. The highest BCUT2D eigenvalue weighted by molar-refractivity contribution is 5.79. The highest BCUT2D eigenvalue weighted by Crippen LogP contribution is 2.33. The molecule has 1 aromatic rings. The lowest BCUT2D eigenvalue weighted by Crippen LogP contribution is -2.40. The summed E-state index contributed by atoms with van der Waals surface area (Å²) in [6.45, 7) is 2.74. The van der Waals surface area contributed by atoms with Crippen molar-refractivity contribution in [2.75, 3.05) is 33.3 Å². The van der Waals surface area contributed by atoms with Crippen molar-refractivity contribution in [2.24, 2.45) is 10.9 Å². The second kappa shape index (κ2) is 9.91. The molecular weight excluding hydrogens is 366 g/mol. The standard InChI is InChI=1S/C20H30F2N4O2/c1-3-27-17-6-4-5-15(18(17)28-19(21)22)12-25-20(23-2)24-11-14-9-10-26(13-14)16-7-8-16/h4-6,14,16,19H,3,7-13H2,1-2H3,(H2,23,24,25). The van der Waals surface area contributed by atoms with Crippen LogP contribution in [-0.2, 0) is 6.54 Å². The predicted octanol–water partition coefficient (Wildman–Crippen LogP) is 2.84. The first-order valence-electron chi connectivity index (χ1n) is 9.98. The van der Waals surface area contributed by atoms with Crippen molar-refractivity contribution >= 4 is 5.96 Å². The highest BCUT2D eigenvalue weighted by Gasteiger charge is 2.34. The average molecular weight is 396 g/mol. The summed E-state index contributed by atoms with van der Waals surface area (Å²) in [5, 5.41) is 6.54. The minimum absolute atomic E-state index is 0.0678. The van der Waals surface area contributed by atoms with Gasteiger partial charge in [0.25, 0.3) is 0 Å². The normalized spacial score (nSPS) is 20.5. The van der Waals surface area contributed by atoms with Gasteiger partial charge >= 0.3 is 6.61 Å². The molecule has 1 aliphatic heterocycles. The van der Waals surface area contributed by atoms with Gasteiger partial charge in [0.2, 0.25) is 0 Å². The van der Waals surface area contributed by atoms with Crippen LogP contribution in [0.3, 0.4) is 0 Å². The number of alkyl halides is 2. The Morgan fingerprint density at radius 3 is 2.79 bits per heavy atom. The fraction of sp³-hybridized carbons (Fsp3) is 0.650. The van der Waals surface area contributed by atoms with E-state index >= 15 is 0 Å². The minimum atomic E-state index is -2.91. The Labute approximate surface area is 165 Å². The molecule has 2 aliphatic rings. The summed E-state index contributed by atoms with van der Waals surface area (Å²) in [4.78, 5) is 6.82. The summed E-state index contributed by atoms with van der Waals surface area (Å²) in [5.74, 6) is 1.64. The third-order valence-corrected chi connectivity index (χ3v) is 5.18. The maximum Gasteiger partial charge on any atom is 0.387 e. The molecule has 156 valence electrons. The molecular formula is C20H30F2N4O2. The number of aliphatic imine (C=N–C) groups is 1. The maximum atomic E-state index is 12.8. The van der Waals surface area contributed by atoms with Crippen LogP contribution < -0.4 is 20.1 Å². The van der Waals surface area contributed by atoms with Crippen molar-refractivity contribution < 1.29 is 18.3 Å². The third kappa shape index (κ3) is 5.70. The lowest BCUT2D eigenvalue weighted by Gasteiger charge is -2.18. The number of likely N-dealkylation sites (tertiary alicyclic amines) is 1. The minimum Gasteiger partial charge on any atom is -0.490 e. The Kier molecular flexibility index (Phi) is 7.30. The first kappa shape index (κ1) is 20.6. The van der Waals surface area contributed by atoms with Gasteiger partial charge in [0.15, 0.2) is 17.5 Å². The van der Waals surface area contributed by atoms with E-state index in [1.165, 1.54) is 25.8 Å². The molecule has 0 spiro atoms. The van der Waals surface area contributed by atoms with Crippen LogP contribution in [-0.4, -0.2) is 56.8 Å². The number of rotatable bonds is 9. The Balaban J connectivity index is 1.53. The van der Waals surface area contributed by atoms with E-state index in [1.807, 2.05) is 0 Å². The zero-order valence-corrected chi connectivity index (χ0v) is 16.6. The summed E-state index contributed by atoms with van der Waals surface area (Å²) < 4.78 is 35.8. The van der Waals surface area contributed by atoms with Gasteiger partial charge in [0.05, 0.1) is 6.61 Å². The molecule has 1 aromatic carbocycles. The summed E-state index contributed by atoms with van der Waals surface area (Å²) in [6.07, 6.45) is 3.88. The van der Waals surface area contributed by atoms with E-state index in [1.54, 1.807) is 32.2 Å². The van der Waals surface area contributed by atoms with E-state index in [2.05, 4.69) is 20.5 Å². The number of nitrogens with zero attached hydrogens (tertiary/aromatic N) is 2. The van der Waals surface area contributed by atoms with E-state index in [-0.39, 0.29) is 5.75 Å². The smallest absolute Gasteiger partial charge is 0.387 e. The molecule has 2 N–H and O–H groups in total.